The Morgan fingerprint density at radius 2 is 2.45 bits per heavy atom. The van der Waals surface area contributed by atoms with E-state index < -0.39 is 0 Å². The van der Waals surface area contributed by atoms with Gasteiger partial charge in [0.1, 0.15) is 0 Å². The zero-order chi connectivity index (χ0) is 8.10. The van der Waals surface area contributed by atoms with Gasteiger partial charge in [-0.05, 0) is 38.7 Å². The van der Waals surface area contributed by atoms with Crippen LogP contribution < -0.4 is 0 Å². The van der Waals surface area contributed by atoms with Gasteiger partial charge < -0.3 is 4.74 Å². The van der Waals surface area contributed by atoms with Gasteiger partial charge in [-0.15, -0.1) is 0 Å². The Hall–Kier alpha value is -0.790. The summed E-state index contributed by atoms with van der Waals surface area (Å²) in [6.07, 6.45) is 7.06. The van der Waals surface area contributed by atoms with E-state index in [1.54, 1.807) is 0 Å². The number of rotatable bonds is 2. The smallest absolute Gasteiger partial charge is 0.334 e. The van der Waals surface area contributed by atoms with Crippen LogP contribution in [0.5, 0.6) is 0 Å². The van der Waals surface area contributed by atoms with Crippen LogP contribution in [0.4, 0.5) is 0 Å². The van der Waals surface area contributed by atoms with E-state index >= 15 is 0 Å². The van der Waals surface area contributed by atoms with E-state index in [4.69, 9.17) is 4.74 Å². The number of allylic oxidation sites excluding steroid dienone is 1. The third kappa shape index (κ3) is 2.37. The highest BCUT2D eigenvalue weighted by molar-refractivity contribution is 5.87. The van der Waals surface area contributed by atoms with Crippen LogP contribution in [0, 0.1) is 6.08 Å². The van der Waals surface area contributed by atoms with Gasteiger partial charge in [-0.2, -0.15) is 0 Å². The van der Waals surface area contributed by atoms with Gasteiger partial charge in [0.2, 0.25) is 0 Å². The SMILES string of the molecule is CCOC(=O)C1=[C]CCCC1. The maximum absolute atomic E-state index is 11.1. The van der Waals surface area contributed by atoms with Crippen molar-refractivity contribution < 1.29 is 9.53 Å². The van der Waals surface area contributed by atoms with Crippen molar-refractivity contribution >= 4 is 5.97 Å². The Morgan fingerprint density at radius 3 is 3.00 bits per heavy atom. The van der Waals surface area contributed by atoms with E-state index in [0.29, 0.717) is 6.61 Å². The molecular weight excluding hydrogens is 140 g/mol. The van der Waals surface area contributed by atoms with Crippen LogP contribution in [-0.4, -0.2) is 12.6 Å². The van der Waals surface area contributed by atoms with E-state index in [1.165, 1.54) is 0 Å². The van der Waals surface area contributed by atoms with Crippen molar-refractivity contribution in [1.29, 1.82) is 0 Å². The minimum absolute atomic E-state index is 0.174. The molecule has 1 rings (SSSR count). The molecule has 0 saturated heterocycles. The third-order valence-corrected chi connectivity index (χ3v) is 1.71. The van der Waals surface area contributed by atoms with Crippen LogP contribution in [0.25, 0.3) is 0 Å². The van der Waals surface area contributed by atoms with Crippen LogP contribution in [0.3, 0.4) is 0 Å². The molecule has 0 heterocycles. The van der Waals surface area contributed by atoms with E-state index in [1.807, 2.05) is 6.92 Å². The monoisotopic (exact) mass is 153 g/mol. The van der Waals surface area contributed by atoms with Crippen LogP contribution >= 0.6 is 0 Å². The molecule has 1 radical (unpaired) electrons. The van der Waals surface area contributed by atoms with E-state index in [2.05, 4.69) is 6.08 Å². The van der Waals surface area contributed by atoms with Crippen LogP contribution in [0.1, 0.15) is 32.6 Å². The van der Waals surface area contributed by atoms with Crippen molar-refractivity contribution in [1.82, 2.24) is 0 Å². The Kier molecular flexibility index (Phi) is 3.14. The van der Waals surface area contributed by atoms with Gasteiger partial charge in [-0.3, -0.25) is 0 Å². The molecule has 0 atom stereocenters. The molecule has 0 N–H and O–H groups in total. The number of carbonyl (C=O) groups excluding carboxylic acids is 1. The molecule has 1 aliphatic rings. The molecule has 2 heteroatoms. The summed E-state index contributed by atoms with van der Waals surface area (Å²) < 4.78 is 4.84. The lowest BCUT2D eigenvalue weighted by Crippen LogP contribution is -2.09. The molecule has 0 aromatic rings. The normalized spacial score (nSPS) is 17.4. The predicted octanol–water partition coefficient (Wildman–Crippen LogP) is 1.85. The topological polar surface area (TPSA) is 26.3 Å². The maximum Gasteiger partial charge on any atom is 0.334 e. The van der Waals surface area contributed by atoms with Crippen LogP contribution in [-0.2, 0) is 9.53 Å². The third-order valence-electron chi connectivity index (χ3n) is 1.71. The van der Waals surface area contributed by atoms with Gasteiger partial charge in [0.25, 0.3) is 0 Å². The number of hydrogen-bond acceptors (Lipinski definition) is 2. The van der Waals surface area contributed by atoms with Gasteiger partial charge in [0, 0.05) is 5.57 Å². The lowest BCUT2D eigenvalue weighted by atomic mass is 10.00. The van der Waals surface area contributed by atoms with Crippen molar-refractivity contribution in [2.75, 3.05) is 6.61 Å². The average molecular weight is 153 g/mol. The summed E-state index contributed by atoms with van der Waals surface area (Å²) in [5.41, 5.74) is 0.748. The van der Waals surface area contributed by atoms with Crippen molar-refractivity contribution in [3.63, 3.8) is 0 Å². The molecule has 0 bridgehead atoms. The molecule has 0 spiro atoms. The average Bonchev–Trinajstić information content (AvgIpc) is 2.07. The quantitative estimate of drug-likeness (QED) is 0.566. The van der Waals surface area contributed by atoms with Crippen molar-refractivity contribution in [3.8, 4) is 0 Å². The standard InChI is InChI=1S/C9H13O2/c1-2-11-9(10)8-6-4-3-5-7-8/h2-6H2,1H3. The second-order valence-corrected chi connectivity index (χ2v) is 2.58. The van der Waals surface area contributed by atoms with Gasteiger partial charge in [0.05, 0.1) is 6.61 Å². The lowest BCUT2D eigenvalue weighted by molar-refractivity contribution is -0.138. The zero-order valence-corrected chi connectivity index (χ0v) is 6.85. The second-order valence-electron chi connectivity index (χ2n) is 2.58. The second kappa shape index (κ2) is 4.16. The molecule has 0 aliphatic heterocycles. The first-order valence-electron chi connectivity index (χ1n) is 4.11. The van der Waals surface area contributed by atoms with Gasteiger partial charge >= 0.3 is 5.97 Å². The highest BCUT2D eigenvalue weighted by Gasteiger charge is 2.12. The zero-order valence-electron chi connectivity index (χ0n) is 6.85. The van der Waals surface area contributed by atoms with Crippen molar-refractivity contribution in [3.05, 3.63) is 11.6 Å². The van der Waals surface area contributed by atoms with Gasteiger partial charge in [-0.25, -0.2) is 4.79 Å². The summed E-state index contributed by atoms with van der Waals surface area (Å²) in [4.78, 5) is 11.1. The first kappa shape index (κ1) is 8.31. The van der Waals surface area contributed by atoms with Crippen LogP contribution in [0.2, 0.25) is 0 Å². The highest BCUT2D eigenvalue weighted by atomic mass is 16.5. The summed E-state index contributed by atoms with van der Waals surface area (Å²) in [7, 11) is 0. The first-order chi connectivity index (χ1) is 5.34. The number of ether oxygens (including phenoxy) is 1. The summed E-state index contributed by atoms with van der Waals surface area (Å²) >= 11 is 0. The Balaban J connectivity index is 2.44. The molecule has 1 aliphatic carbocycles. The van der Waals surface area contributed by atoms with Crippen LogP contribution in [0.15, 0.2) is 5.57 Å². The predicted molar refractivity (Wildman–Crippen MR) is 41.9 cm³/mol. The Labute approximate surface area is 67.2 Å². The maximum atomic E-state index is 11.1. The summed E-state index contributed by atoms with van der Waals surface area (Å²) in [6.45, 7) is 2.28. The molecule has 2 nitrogen and oxygen atoms in total. The number of esters is 1. The number of hydrogen-bond donors (Lipinski definition) is 0. The lowest BCUT2D eigenvalue weighted by Gasteiger charge is -2.09. The van der Waals surface area contributed by atoms with Gasteiger partial charge in [-0.1, -0.05) is 0 Å². The minimum Gasteiger partial charge on any atom is -0.463 e. The van der Waals surface area contributed by atoms with E-state index in [-0.39, 0.29) is 5.97 Å². The summed E-state index contributed by atoms with van der Waals surface area (Å²) in [6, 6.07) is 0. The van der Waals surface area contributed by atoms with E-state index in [0.717, 1.165) is 31.3 Å². The molecule has 0 aromatic heterocycles. The highest BCUT2D eigenvalue weighted by Crippen LogP contribution is 2.17. The fraction of sp³-hybridized carbons (Fsp3) is 0.667. The fourth-order valence-electron chi connectivity index (χ4n) is 1.15. The fourth-order valence-corrected chi connectivity index (χ4v) is 1.15. The number of carbonyl (C=O) groups is 1. The van der Waals surface area contributed by atoms with Crippen molar-refractivity contribution in [2.24, 2.45) is 0 Å². The molecule has 0 saturated carbocycles. The largest absolute Gasteiger partial charge is 0.463 e. The molecule has 0 unspecified atom stereocenters. The van der Waals surface area contributed by atoms with Crippen molar-refractivity contribution in [2.45, 2.75) is 32.6 Å². The molecule has 0 aromatic carbocycles. The minimum atomic E-state index is -0.174. The molecular formula is C9H13O2. The summed E-state index contributed by atoms with van der Waals surface area (Å²) in [5, 5.41) is 0. The summed E-state index contributed by atoms with van der Waals surface area (Å²) in [5.74, 6) is -0.174. The molecule has 11 heavy (non-hydrogen) atoms. The molecule has 0 fully saturated rings. The molecule has 61 valence electrons. The van der Waals surface area contributed by atoms with Gasteiger partial charge in [0.15, 0.2) is 0 Å². The molecule has 0 amide bonds. The Morgan fingerprint density at radius 1 is 1.64 bits per heavy atom. The van der Waals surface area contributed by atoms with E-state index in [9.17, 15) is 4.79 Å². The Bertz CT molecular complexity index is 170. The first-order valence-corrected chi connectivity index (χ1v) is 4.11.